The van der Waals surface area contributed by atoms with Gasteiger partial charge >= 0.3 is 0 Å². The minimum absolute atomic E-state index is 0.130. The molecule has 5 nitrogen and oxygen atoms in total. The number of fused-ring (bicyclic) bond motifs is 1. The molecule has 3 rings (SSSR count). The number of halogens is 2. The second-order valence-corrected chi connectivity index (χ2v) is 4.68. The van der Waals surface area contributed by atoms with E-state index in [0.717, 1.165) is 17.0 Å². The predicted molar refractivity (Wildman–Crippen MR) is 80.4 cm³/mol. The van der Waals surface area contributed by atoms with Gasteiger partial charge in [-0.15, -0.1) is 0 Å². The van der Waals surface area contributed by atoms with E-state index in [1.54, 1.807) is 12.1 Å². The molecule has 3 aromatic rings. The van der Waals surface area contributed by atoms with Crippen LogP contribution in [0.25, 0.3) is 10.8 Å². The smallest absolute Gasteiger partial charge is 0.260 e. The van der Waals surface area contributed by atoms with E-state index in [1.807, 2.05) is 24.3 Å². The van der Waals surface area contributed by atoms with Crippen LogP contribution in [0.2, 0.25) is 5.28 Å². The number of oxime groups is 1. The molecule has 0 aliphatic rings. The summed E-state index contributed by atoms with van der Waals surface area (Å²) >= 11 is 5.64. The van der Waals surface area contributed by atoms with Crippen molar-refractivity contribution in [3.63, 3.8) is 0 Å². The van der Waals surface area contributed by atoms with Gasteiger partial charge in [-0.1, -0.05) is 35.5 Å². The molecule has 0 bridgehead atoms. The Morgan fingerprint density at radius 2 is 2.05 bits per heavy atom. The first-order chi connectivity index (χ1) is 10.7. The zero-order chi connectivity index (χ0) is 15.5. The van der Waals surface area contributed by atoms with Crippen molar-refractivity contribution < 1.29 is 14.3 Å². The third-order valence-electron chi connectivity index (χ3n) is 3.01. The topological polar surface area (TPSA) is 67.6 Å². The molecule has 1 heterocycles. The van der Waals surface area contributed by atoms with E-state index >= 15 is 0 Å². The first kappa shape index (κ1) is 14.2. The molecule has 1 N–H and O–H groups in total. The number of hydrogen-bond acceptors (Lipinski definition) is 5. The van der Waals surface area contributed by atoms with Crippen molar-refractivity contribution in [1.29, 1.82) is 0 Å². The number of benzene rings is 2. The Labute approximate surface area is 129 Å². The van der Waals surface area contributed by atoms with Crippen molar-refractivity contribution >= 4 is 28.6 Å². The SMILES string of the molecule is O/N=C/c1c(Oc2nc(Cl)ncc2F)ccc2ccccc12. The van der Waals surface area contributed by atoms with Gasteiger partial charge < -0.3 is 9.94 Å². The van der Waals surface area contributed by atoms with Crippen molar-refractivity contribution in [1.82, 2.24) is 9.97 Å². The van der Waals surface area contributed by atoms with Gasteiger partial charge in [0.05, 0.1) is 12.4 Å². The number of hydrogen-bond donors (Lipinski definition) is 1. The van der Waals surface area contributed by atoms with Crippen LogP contribution in [-0.4, -0.2) is 21.4 Å². The van der Waals surface area contributed by atoms with Gasteiger partial charge in [-0.3, -0.25) is 0 Å². The highest BCUT2D eigenvalue weighted by molar-refractivity contribution is 6.28. The summed E-state index contributed by atoms with van der Waals surface area (Å²) < 4.78 is 19.2. The lowest BCUT2D eigenvalue weighted by Gasteiger charge is -2.10. The summed E-state index contributed by atoms with van der Waals surface area (Å²) in [6, 6.07) is 10.9. The third kappa shape index (κ3) is 2.68. The first-order valence-electron chi connectivity index (χ1n) is 6.24. The van der Waals surface area contributed by atoms with Gasteiger partial charge in [0, 0.05) is 5.56 Å². The van der Waals surface area contributed by atoms with Crippen molar-refractivity contribution in [2.24, 2.45) is 5.16 Å². The molecule has 0 spiro atoms. The van der Waals surface area contributed by atoms with Crippen LogP contribution < -0.4 is 4.74 Å². The maximum Gasteiger partial charge on any atom is 0.260 e. The lowest BCUT2D eigenvalue weighted by Crippen LogP contribution is -1.98. The molecular formula is C15H9ClFN3O2. The normalized spacial score (nSPS) is 11.2. The highest BCUT2D eigenvalue weighted by Gasteiger charge is 2.13. The van der Waals surface area contributed by atoms with E-state index < -0.39 is 5.82 Å². The molecule has 0 aliphatic carbocycles. The van der Waals surface area contributed by atoms with Crippen LogP contribution in [0.5, 0.6) is 11.6 Å². The zero-order valence-electron chi connectivity index (χ0n) is 11.1. The summed E-state index contributed by atoms with van der Waals surface area (Å²) in [5.74, 6) is -0.766. The molecule has 1 aromatic heterocycles. The van der Waals surface area contributed by atoms with E-state index in [1.165, 1.54) is 6.21 Å². The molecule has 0 unspecified atom stereocenters. The average molecular weight is 318 g/mol. The summed E-state index contributed by atoms with van der Waals surface area (Å²) in [6.45, 7) is 0. The van der Waals surface area contributed by atoms with Gasteiger partial charge in [0.2, 0.25) is 11.1 Å². The van der Waals surface area contributed by atoms with Crippen LogP contribution in [0, 0.1) is 5.82 Å². The number of nitrogens with zero attached hydrogens (tertiary/aromatic N) is 3. The van der Waals surface area contributed by atoms with E-state index in [2.05, 4.69) is 15.1 Å². The monoisotopic (exact) mass is 317 g/mol. The highest BCUT2D eigenvalue weighted by atomic mass is 35.5. The van der Waals surface area contributed by atoms with Crippen molar-refractivity contribution in [3.8, 4) is 11.6 Å². The Morgan fingerprint density at radius 3 is 2.86 bits per heavy atom. The summed E-state index contributed by atoms with van der Waals surface area (Å²) in [7, 11) is 0. The Kier molecular flexibility index (Phi) is 3.84. The zero-order valence-corrected chi connectivity index (χ0v) is 11.8. The van der Waals surface area contributed by atoms with E-state index in [0.29, 0.717) is 5.56 Å². The van der Waals surface area contributed by atoms with Gasteiger partial charge in [-0.2, -0.15) is 9.37 Å². The van der Waals surface area contributed by atoms with Crippen molar-refractivity contribution in [2.75, 3.05) is 0 Å². The molecule has 0 aliphatic heterocycles. The van der Waals surface area contributed by atoms with Crippen LogP contribution in [0.3, 0.4) is 0 Å². The molecular weight excluding hydrogens is 309 g/mol. The maximum atomic E-state index is 13.7. The van der Waals surface area contributed by atoms with Crippen LogP contribution >= 0.6 is 11.6 Å². The molecule has 0 radical (unpaired) electrons. The maximum absolute atomic E-state index is 13.7. The molecule has 7 heteroatoms. The number of aromatic nitrogens is 2. The predicted octanol–water partition coefficient (Wildman–Crippen LogP) is 4.02. The minimum atomic E-state index is -0.746. The van der Waals surface area contributed by atoms with Crippen LogP contribution in [-0.2, 0) is 0 Å². The van der Waals surface area contributed by atoms with E-state index in [-0.39, 0.29) is 16.9 Å². The Bertz CT molecular complexity index is 871. The minimum Gasteiger partial charge on any atom is -0.436 e. The third-order valence-corrected chi connectivity index (χ3v) is 3.19. The number of rotatable bonds is 3. The van der Waals surface area contributed by atoms with Crippen molar-refractivity contribution in [3.05, 3.63) is 59.3 Å². The lowest BCUT2D eigenvalue weighted by molar-refractivity contribution is 0.321. The standard InChI is InChI=1S/C15H9ClFN3O2/c16-15-18-8-12(17)14(20-15)22-13-6-5-9-3-1-2-4-10(9)11(13)7-19-21/h1-8,21H/b19-7+. The molecule has 22 heavy (non-hydrogen) atoms. The molecule has 0 saturated heterocycles. The van der Waals surface area contributed by atoms with Crippen LogP contribution in [0.1, 0.15) is 5.56 Å². The Morgan fingerprint density at radius 1 is 1.23 bits per heavy atom. The fourth-order valence-corrected chi connectivity index (χ4v) is 2.19. The van der Waals surface area contributed by atoms with E-state index in [4.69, 9.17) is 21.5 Å². The van der Waals surface area contributed by atoms with Crippen LogP contribution in [0.4, 0.5) is 4.39 Å². The van der Waals surface area contributed by atoms with Gasteiger partial charge in [0.15, 0.2) is 0 Å². The van der Waals surface area contributed by atoms with Gasteiger partial charge in [0.25, 0.3) is 5.88 Å². The average Bonchev–Trinajstić information content (AvgIpc) is 2.53. The first-order valence-corrected chi connectivity index (χ1v) is 6.62. The van der Waals surface area contributed by atoms with E-state index in [9.17, 15) is 4.39 Å². The second-order valence-electron chi connectivity index (χ2n) is 4.34. The molecule has 0 saturated carbocycles. The quantitative estimate of drug-likeness (QED) is 0.343. The highest BCUT2D eigenvalue weighted by Crippen LogP contribution is 2.31. The second kappa shape index (κ2) is 5.95. The molecule has 0 atom stereocenters. The van der Waals surface area contributed by atoms with Crippen molar-refractivity contribution in [2.45, 2.75) is 0 Å². The molecule has 2 aromatic carbocycles. The molecule has 110 valence electrons. The summed E-state index contributed by atoms with van der Waals surface area (Å²) in [4.78, 5) is 7.22. The molecule has 0 fully saturated rings. The largest absolute Gasteiger partial charge is 0.436 e. The lowest BCUT2D eigenvalue weighted by atomic mass is 10.0. The Balaban J connectivity index is 2.14. The van der Waals surface area contributed by atoms with Gasteiger partial charge in [0.1, 0.15) is 5.75 Å². The number of ether oxygens (including phenoxy) is 1. The summed E-state index contributed by atoms with van der Waals surface area (Å²) in [5.41, 5.74) is 0.495. The summed E-state index contributed by atoms with van der Waals surface area (Å²) in [5, 5.41) is 13.5. The Hall–Kier alpha value is -2.73. The molecule has 0 amide bonds. The summed E-state index contributed by atoms with van der Waals surface area (Å²) in [6.07, 6.45) is 2.14. The van der Waals surface area contributed by atoms with Crippen LogP contribution in [0.15, 0.2) is 47.8 Å². The van der Waals surface area contributed by atoms with Gasteiger partial charge in [-0.25, -0.2) is 4.98 Å². The van der Waals surface area contributed by atoms with Gasteiger partial charge in [-0.05, 0) is 28.4 Å². The fourth-order valence-electron chi connectivity index (χ4n) is 2.06. The fraction of sp³-hybridized carbons (Fsp3) is 0.